The number of piperazine rings is 1. The molecule has 2 aliphatic rings. The molecule has 1 saturated heterocycles. The van der Waals surface area contributed by atoms with Gasteiger partial charge in [-0.05, 0) is 18.4 Å². The van der Waals surface area contributed by atoms with Gasteiger partial charge in [0.2, 0.25) is 0 Å². The van der Waals surface area contributed by atoms with E-state index in [9.17, 15) is 4.79 Å². The Kier molecular flexibility index (Phi) is 3.62. The van der Waals surface area contributed by atoms with Crippen LogP contribution in [-0.2, 0) is 4.79 Å². The zero-order valence-corrected chi connectivity index (χ0v) is 11.8. The Morgan fingerprint density at radius 2 is 1.94 bits per heavy atom. The number of nitrogens with one attached hydrogen (secondary N) is 1. The zero-order chi connectivity index (χ0) is 13.3. The highest BCUT2D eigenvalue weighted by molar-refractivity contribution is 6.09. The first-order valence-corrected chi connectivity index (χ1v) is 6.89. The fourth-order valence-corrected chi connectivity index (χ4v) is 3.26. The van der Waals surface area contributed by atoms with E-state index in [1.807, 2.05) is 0 Å². The molecule has 1 aliphatic carbocycles. The lowest BCUT2D eigenvalue weighted by atomic mass is 9.72. The van der Waals surface area contributed by atoms with Crippen molar-refractivity contribution >= 4 is 5.78 Å². The van der Waals surface area contributed by atoms with Crippen LogP contribution in [0.1, 0.15) is 33.6 Å². The van der Waals surface area contributed by atoms with Crippen molar-refractivity contribution < 1.29 is 4.79 Å². The van der Waals surface area contributed by atoms with Gasteiger partial charge < -0.3 is 10.2 Å². The maximum absolute atomic E-state index is 12.3. The van der Waals surface area contributed by atoms with Gasteiger partial charge in [-0.1, -0.05) is 27.4 Å². The maximum Gasteiger partial charge on any atom is 0.186 e. The lowest BCUT2D eigenvalue weighted by molar-refractivity contribution is -0.113. The average molecular weight is 248 g/mol. The zero-order valence-electron chi connectivity index (χ0n) is 11.8. The highest BCUT2D eigenvalue weighted by Crippen LogP contribution is 2.43. The van der Waals surface area contributed by atoms with Gasteiger partial charge in [0.15, 0.2) is 5.78 Å². The van der Waals surface area contributed by atoms with Crippen LogP contribution in [0.15, 0.2) is 23.4 Å². The molecule has 2 rings (SSSR count). The third-order valence-corrected chi connectivity index (χ3v) is 3.96. The first-order chi connectivity index (χ1) is 8.47. The standard InChI is InChI=1S/C15H24N2O/c1-5-12-13(18)11(2)10-15(3,4)14(12)17-8-6-16-7-9-17/h16H,2,5-10H2,1,3-4H3. The molecule has 1 aliphatic heterocycles. The summed E-state index contributed by atoms with van der Waals surface area (Å²) in [5.74, 6) is 0.186. The predicted molar refractivity (Wildman–Crippen MR) is 74.3 cm³/mol. The van der Waals surface area contributed by atoms with Gasteiger partial charge >= 0.3 is 0 Å². The number of carbonyl (C=O) groups is 1. The van der Waals surface area contributed by atoms with Crippen LogP contribution in [-0.4, -0.2) is 36.9 Å². The van der Waals surface area contributed by atoms with Crippen molar-refractivity contribution in [3.05, 3.63) is 23.4 Å². The Labute approximate surface area is 110 Å². The van der Waals surface area contributed by atoms with Crippen LogP contribution in [0.2, 0.25) is 0 Å². The monoisotopic (exact) mass is 248 g/mol. The summed E-state index contributed by atoms with van der Waals surface area (Å²) in [6.45, 7) is 14.5. The molecule has 0 amide bonds. The summed E-state index contributed by atoms with van der Waals surface area (Å²) < 4.78 is 0. The molecule has 0 spiro atoms. The maximum atomic E-state index is 12.3. The van der Waals surface area contributed by atoms with Gasteiger partial charge in [0.05, 0.1) is 0 Å². The smallest absolute Gasteiger partial charge is 0.186 e. The normalized spacial score (nSPS) is 24.7. The largest absolute Gasteiger partial charge is 0.371 e. The molecule has 1 N–H and O–H groups in total. The number of nitrogens with zero attached hydrogens (tertiary/aromatic N) is 1. The molecule has 0 saturated carbocycles. The van der Waals surface area contributed by atoms with Gasteiger partial charge in [-0.25, -0.2) is 0 Å². The van der Waals surface area contributed by atoms with Gasteiger partial charge in [-0.2, -0.15) is 0 Å². The summed E-state index contributed by atoms with van der Waals surface area (Å²) in [7, 11) is 0. The summed E-state index contributed by atoms with van der Waals surface area (Å²) in [4.78, 5) is 14.7. The fourth-order valence-electron chi connectivity index (χ4n) is 3.26. The molecule has 0 atom stereocenters. The summed E-state index contributed by atoms with van der Waals surface area (Å²) >= 11 is 0. The lowest BCUT2D eigenvalue weighted by Gasteiger charge is -2.44. The van der Waals surface area contributed by atoms with Crippen molar-refractivity contribution in [2.75, 3.05) is 26.2 Å². The number of Topliss-reactive ketones (excluding diaryl/α,β-unsaturated/α-hetero) is 1. The third-order valence-electron chi connectivity index (χ3n) is 3.96. The fraction of sp³-hybridized carbons (Fsp3) is 0.667. The number of hydrogen-bond donors (Lipinski definition) is 1. The molecule has 0 bridgehead atoms. The molecule has 0 aromatic rings. The van der Waals surface area contributed by atoms with E-state index >= 15 is 0 Å². The van der Waals surface area contributed by atoms with E-state index < -0.39 is 0 Å². The molecule has 100 valence electrons. The second-order valence-electron chi connectivity index (χ2n) is 5.91. The van der Waals surface area contributed by atoms with Gasteiger partial charge in [0, 0.05) is 42.9 Å². The summed E-state index contributed by atoms with van der Waals surface area (Å²) in [5, 5.41) is 3.37. The SMILES string of the molecule is C=C1CC(C)(C)C(N2CCNCC2)=C(CC)C1=O. The molecular weight excluding hydrogens is 224 g/mol. The van der Waals surface area contributed by atoms with E-state index in [4.69, 9.17) is 0 Å². The van der Waals surface area contributed by atoms with E-state index in [1.54, 1.807) is 0 Å². The van der Waals surface area contributed by atoms with Crippen molar-refractivity contribution in [1.29, 1.82) is 0 Å². The molecule has 3 nitrogen and oxygen atoms in total. The molecule has 0 aromatic carbocycles. The minimum absolute atomic E-state index is 0.0354. The third kappa shape index (κ3) is 2.24. The van der Waals surface area contributed by atoms with Crippen molar-refractivity contribution in [1.82, 2.24) is 10.2 Å². The summed E-state index contributed by atoms with van der Waals surface area (Å²) in [6, 6.07) is 0. The Morgan fingerprint density at radius 3 is 2.50 bits per heavy atom. The van der Waals surface area contributed by atoms with Crippen LogP contribution in [0, 0.1) is 5.41 Å². The number of carbonyl (C=O) groups excluding carboxylic acids is 1. The quantitative estimate of drug-likeness (QED) is 0.760. The van der Waals surface area contributed by atoms with Gasteiger partial charge in [0.25, 0.3) is 0 Å². The number of allylic oxidation sites excluding steroid dienone is 3. The summed E-state index contributed by atoms with van der Waals surface area (Å²) in [6.07, 6.45) is 1.59. The molecule has 0 radical (unpaired) electrons. The van der Waals surface area contributed by atoms with Crippen LogP contribution in [0.25, 0.3) is 0 Å². The second kappa shape index (κ2) is 4.88. The van der Waals surface area contributed by atoms with Crippen LogP contribution in [0.5, 0.6) is 0 Å². The molecule has 1 fully saturated rings. The van der Waals surface area contributed by atoms with E-state index in [-0.39, 0.29) is 11.2 Å². The molecule has 18 heavy (non-hydrogen) atoms. The Hall–Kier alpha value is -1.09. The molecule has 0 unspecified atom stereocenters. The molecule has 1 heterocycles. The minimum atomic E-state index is 0.0354. The van der Waals surface area contributed by atoms with E-state index in [0.717, 1.165) is 50.2 Å². The second-order valence-corrected chi connectivity index (χ2v) is 5.91. The first kappa shape index (κ1) is 13.3. The number of hydrogen-bond acceptors (Lipinski definition) is 3. The minimum Gasteiger partial charge on any atom is -0.371 e. The van der Waals surface area contributed by atoms with Crippen LogP contribution < -0.4 is 5.32 Å². The van der Waals surface area contributed by atoms with Crippen molar-refractivity contribution in [3.8, 4) is 0 Å². The highest BCUT2D eigenvalue weighted by atomic mass is 16.1. The summed E-state index contributed by atoms with van der Waals surface area (Å²) in [5.41, 5.74) is 3.06. The van der Waals surface area contributed by atoms with Crippen molar-refractivity contribution in [3.63, 3.8) is 0 Å². The Balaban J connectivity index is 2.44. The van der Waals surface area contributed by atoms with Gasteiger partial charge in [-0.15, -0.1) is 0 Å². The van der Waals surface area contributed by atoms with E-state index in [2.05, 4.69) is 37.6 Å². The van der Waals surface area contributed by atoms with E-state index in [1.165, 1.54) is 5.70 Å². The predicted octanol–water partition coefficient (Wildman–Crippen LogP) is 2.11. The lowest BCUT2D eigenvalue weighted by Crippen LogP contribution is -2.47. The Morgan fingerprint density at radius 1 is 1.33 bits per heavy atom. The molecular formula is C15H24N2O. The van der Waals surface area contributed by atoms with Crippen LogP contribution in [0.4, 0.5) is 0 Å². The van der Waals surface area contributed by atoms with Crippen molar-refractivity contribution in [2.24, 2.45) is 5.41 Å². The Bertz CT molecular complexity index is 401. The van der Waals surface area contributed by atoms with Gasteiger partial charge in [-0.3, -0.25) is 4.79 Å². The first-order valence-electron chi connectivity index (χ1n) is 6.89. The molecule has 3 heteroatoms. The van der Waals surface area contributed by atoms with E-state index in [0.29, 0.717) is 0 Å². The van der Waals surface area contributed by atoms with Crippen molar-refractivity contribution in [2.45, 2.75) is 33.6 Å². The number of rotatable bonds is 2. The average Bonchev–Trinajstić information content (AvgIpc) is 2.33. The topological polar surface area (TPSA) is 32.3 Å². The van der Waals surface area contributed by atoms with Crippen LogP contribution >= 0.6 is 0 Å². The highest BCUT2D eigenvalue weighted by Gasteiger charge is 2.38. The van der Waals surface area contributed by atoms with Crippen LogP contribution in [0.3, 0.4) is 0 Å². The molecule has 0 aromatic heterocycles. The number of ketones is 1. The van der Waals surface area contributed by atoms with Gasteiger partial charge in [0.1, 0.15) is 0 Å².